The summed E-state index contributed by atoms with van der Waals surface area (Å²) >= 11 is 0. The SMILES string of the molecule is COCC1(C(=O)O)CCCN1C(=O)c1ccc(N2CCCCC2)cc1. The molecule has 136 valence electrons. The number of piperidine rings is 1. The Balaban J connectivity index is 1.78. The van der Waals surface area contributed by atoms with Crippen LogP contribution in [-0.4, -0.2) is 60.8 Å². The van der Waals surface area contributed by atoms with Gasteiger partial charge in [-0.15, -0.1) is 0 Å². The van der Waals surface area contributed by atoms with Crippen molar-refractivity contribution in [2.75, 3.05) is 38.3 Å². The van der Waals surface area contributed by atoms with Crippen LogP contribution >= 0.6 is 0 Å². The number of likely N-dealkylation sites (tertiary alicyclic amines) is 1. The molecule has 0 radical (unpaired) electrons. The highest BCUT2D eigenvalue weighted by atomic mass is 16.5. The number of carboxylic acid groups (broad SMARTS) is 1. The van der Waals surface area contributed by atoms with Gasteiger partial charge in [0.1, 0.15) is 0 Å². The minimum atomic E-state index is -1.25. The molecule has 1 aromatic rings. The van der Waals surface area contributed by atoms with Crippen molar-refractivity contribution in [3.63, 3.8) is 0 Å². The highest BCUT2D eigenvalue weighted by Gasteiger charge is 2.50. The van der Waals surface area contributed by atoms with Gasteiger partial charge in [-0.3, -0.25) is 4.79 Å². The molecule has 25 heavy (non-hydrogen) atoms. The fourth-order valence-electron chi connectivity index (χ4n) is 3.97. The molecule has 1 aromatic carbocycles. The number of rotatable bonds is 5. The Morgan fingerprint density at radius 2 is 1.76 bits per heavy atom. The third-order valence-corrected chi connectivity index (χ3v) is 5.35. The van der Waals surface area contributed by atoms with E-state index in [1.54, 1.807) is 0 Å². The first-order valence-electron chi connectivity index (χ1n) is 8.98. The number of aliphatic carboxylic acids is 1. The van der Waals surface area contributed by atoms with Crippen LogP contribution in [0.3, 0.4) is 0 Å². The first-order valence-corrected chi connectivity index (χ1v) is 8.98. The molecule has 0 spiro atoms. The fraction of sp³-hybridized carbons (Fsp3) is 0.579. The average Bonchev–Trinajstić information content (AvgIpc) is 3.07. The van der Waals surface area contributed by atoms with Crippen LogP contribution in [0.4, 0.5) is 5.69 Å². The lowest BCUT2D eigenvalue weighted by Gasteiger charge is -2.34. The zero-order valence-electron chi connectivity index (χ0n) is 14.7. The molecule has 2 fully saturated rings. The molecule has 0 bridgehead atoms. The minimum absolute atomic E-state index is 0.0138. The Kier molecular flexibility index (Phi) is 5.27. The number of hydrogen-bond donors (Lipinski definition) is 1. The summed E-state index contributed by atoms with van der Waals surface area (Å²) in [6, 6.07) is 7.55. The van der Waals surface area contributed by atoms with Gasteiger partial charge in [0, 0.05) is 38.0 Å². The van der Waals surface area contributed by atoms with E-state index in [4.69, 9.17) is 4.74 Å². The number of carbonyl (C=O) groups is 2. The summed E-state index contributed by atoms with van der Waals surface area (Å²) < 4.78 is 5.12. The molecule has 2 saturated heterocycles. The summed E-state index contributed by atoms with van der Waals surface area (Å²) in [4.78, 5) is 28.6. The van der Waals surface area contributed by atoms with Crippen LogP contribution in [-0.2, 0) is 9.53 Å². The lowest BCUT2D eigenvalue weighted by molar-refractivity contribution is -0.151. The van der Waals surface area contributed by atoms with Crippen LogP contribution in [0.25, 0.3) is 0 Å². The second-order valence-corrected chi connectivity index (χ2v) is 6.92. The molecule has 0 saturated carbocycles. The summed E-state index contributed by atoms with van der Waals surface area (Å²) in [5.74, 6) is -1.23. The molecule has 6 nitrogen and oxygen atoms in total. The van der Waals surface area contributed by atoms with Crippen molar-refractivity contribution < 1.29 is 19.4 Å². The zero-order chi connectivity index (χ0) is 17.9. The zero-order valence-corrected chi connectivity index (χ0v) is 14.7. The van der Waals surface area contributed by atoms with Crippen LogP contribution in [0.2, 0.25) is 0 Å². The van der Waals surface area contributed by atoms with Gasteiger partial charge in [-0.2, -0.15) is 0 Å². The molecule has 2 aliphatic rings. The van der Waals surface area contributed by atoms with E-state index < -0.39 is 11.5 Å². The van der Waals surface area contributed by atoms with Crippen molar-refractivity contribution in [2.45, 2.75) is 37.6 Å². The van der Waals surface area contributed by atoms with E-state index >= 15 is 0 Å². The van der Waals surface area contributed by atoms with Gasteiger partial charge < -0.3 is 19.6 Å². The lowest BCUT2D eigenvalue weighted by atomic mass is 9.96. The maximum Gasteiger partial charge on any atom is 0.332 e. The topological polar surface area (TPSA) is 70.1 Å². The van der Waals surface area contributed by atoms with E-state index in [0.717, 1.165) is 18.8 Å². The molecule has 1 N–H and O–H groups in total. The van der Waals surface area contributed by atoms with Crippen molar-refractivity contribution in [2.24, 2.45) is 0 Å². The maximum atomic E-state index is 12.9. The van der Waals surface area contributed by atoms with Gasteiger partial charge in [-0.25, -0.2) is 4.79 Å². The van der Waals surface area contributed by atoms with Crippen LogP contribution < -0.4 is 4.90 Å². The molecule has 0 aromatic heterocycles. The summed E-state index contributed by atoms with van der Waals surface area (Å²) in [6.45, 7) is 2.56. The predicted molar refractivity (Wildman–Crippen MR) is 95.0 cm³/mol. The van der Waals surface area contributed by atoms with Gasteiger partial charge in [-0.1, -0.05) is 0 Å². The highest BCUT2D eigenvalue weighted by Crippen LogP contribution is 2.32. The maximum absolute atomic E-state index is 12.9. The Labute approximate surface area is 148 Å². The summed E-state index contributed by atoms with van der Waals surface area (Å²) in [5.41, 5.74) is 0.403. The van der Waals surface area contributed by atoms with Crippen molar-refractivity contribution in [1.29, 1.82) is 0 Å². The standard InChI is InChI=1S/C19H26N2O4/c1-25-14-19(18(23)24)10-5-13-21(19)17(22)15-6-8-16(9-7-15)20-11-3-2-4-12-20/h6-9H,2-5,10-14H2,1H3,(H,23,24). The molecule has 1 atom stereocenters. The summed E-state index contributed by atoms with van der Waals surface area (Å²) in [6.07, 6.45) is 4.78. The van der Waals surface area contributed by atoms with Crippen LogP contribution in [0.15, 0.2) is 24.3 Å². The van der Waals surface area contributed by atoms with Crippen LogP contribution in [0.5, 0.6) is 0 Å². The third kappa shape index (κ3) is 3.35. The van der Waals surface area contributed by atoms with Gasteiger partial charge in [0.25, 0.3) is 5.91 Å². The number of methoxy groups -OCH3 is 1. The van der Waals surface area contributed by atoms with Gasteiger partial charge in [0.2, 0.25) is 0 Å². The number of ether oxygens (including phenoxy) is 1. The Morgan fingerprint density at radius 3 is 2.36 bits per heavy atom. The number of anilines is 1. The molecule has 6 heteroatoms. The van der Waals surface area contributed by atoms with E-state index in [9.17, 15) is 14.7 Å². The number of hydrogen-bond acceptors (Lipinski definition) is 4. The largest absolute Gasteiger partial charge is 0.479 e. The molecular weight excluding hydrogens is 320 g/mol. The summed E-state index contributed by atoms with van der Waals surface area (Å²) in [5, 5.41) is 9.69. The highest BCUT2D eigenvalue weighted by molar-refractivity contribution is 5.98. The smallest absolute Gasteiger partial charge is 0.332 e. The third-order valence-electron chi connectivity index (χ3n) is 5.35. The second-order valence-electron chi connectivity index (χ2n) is 6.92. The van der Waals surface area contributed by atoms with Gasteiger partial charge in [0.15, 0.2) is 5.54 Å². The second kappa shape index (κ2) is 7.44. The van der Waals surface area contributed by atoms with Gasteiger partial charge >= 0.3 is 5.97 Å². The van der Waals surface area contributed by atoms with Gasteiger partial charge in [-0.05, 0) is 56.4 Å². The monoisotopic (exact) mass is 346 g/mol. The molecular formula is C19H26N2O4. The van der Waals surface area contributed by atoms with Crippen molar-refractivity contribution in [3.05, 3.63) is 29.8 Å². The number of benzene rings is 1. The first kappa shape index (κ1) is 17.7. The quantitative estimate of drug-likeness (QED) is 0.886. The molecule has 3 rings (SSSR count). The van der Waals surface area contributed by atoms with Crippen molar-refractivity contribution in [1.82, 2.24) is 4.90 Å². The number of amides is 1. The predicted octanol–water partition coefficient (Wildman–Crippen LogP) is 2.38. The molecule has 1 amide bonds. The van der Waals surface area contributed by atoms with Crippen LogP contribution in [0, 0.1) is 0 Å². The van der Waals surface area contributed by atoms with E-state index in [-0.39, 0.29) is 12.5 Å². The number of nitrogens with zero attached hydrogens (tertiary/aromatic N) is 2. The first-order chi connectivity index (χ1) is 12.1. The average molecular weight is 346 g/mol. The van der Waals surface area contributed by atoms with Gasteiger partial charge in [0.05, 0.1) is 6.61 Å². The summed E-state index contributed by atoms with van der Waals surface area (Å²) in [7, 11) is 1.47. The molecule has 2 aliphatic heterocycles. The van der Waals surface area contributed by atoms with Crippen molar-refractivity contribution in [3.8, 4) is 0 Å². The Morgan fingerprint density at radius 1 is 1.08 bits per heavy atom. The normalized spacial score (nSPS) is 23.7. The van der Waals surface area contributed by atoms with Crippen LogP contribution in [0.1, 0.15) is 42.5 Å². The fourth-order valence-corrected chi connectivity index (χ4v) is 3.97. The molecule has 2 heterocycles. The van der Waals surface area contributed by atoms with E-state index in [0.29, 0.717) is 24.9 Å². The van der Waals surface area contributed by atoms with E-state index in [1.807, 2.05) is 24.3 Å². The molecule has 0 aliphatic carbocycles. The molecule has 1 unspecified atom stereocenters. The Bertz CT molecular complexity index is 625. The lowest BCUT2D eigenvalue weighted by Crippen LogP contribution is -2.56. The van der Waals surface area contributed by atoms with Crippen molar-refractivity contribution >= 4 is 17.6 Å². The number of carboxylic acids is 1. The van der Waals surface area contributed by atoms with E-state index in [1.165, 1.54) is 31.3 Å². The number of carbonyl (C=O) groups excluding carboxylic acids is 1. The Hall–Kier alpha value is -2.08. The minimum Gasteiger partial charge on any atom is -0.479 e. The van der Waals surface area contributed by atoms with E-state index in [2.05, 4.69) is 4.90 Å².